The minimum Gasteiger partial charge on any atom is -0.493 e. The number of H-pyrrole nitrogens is 1. The summed E-state index contributed by atoms with van der Waals surface area (Å²) in [6, 6.07) is 5.67. The Morgan fingerprint density at radius 2 is 1.79 bits per heavy atom. The molecule has 9 nitrogen and oxygen atoms in total. The van der Waals surface area contributed by atoms with Gasteiger partial charge >= 0.3 is 0 Å². The van der Waals surface area contributed by atoms with Gasteiger partial charge in [-0.25, -0.2) is 4.68 Å². The first kappa shape index (κ1) is 22.8. The molecule has 2 atom stereocenters. The molecular formula is C25H34N6O3. The van der Waals surface area contributed by atoms with Crippen LogP contribution in [-0.2, 0) is 0 Å². The van der Waals surface area contributed by atoms with Crippen molar-refractivity contribution < 1.29 is 9.47 Å². The third-order valence-corrected chi connectivity index (χ3v) is 7.41. The molecule has 9 heteroatoms. The van der Waals surface area contributed by atoms with Crippen LogP contribution < -0.4 is 15.0 Å². The minimum absolute atomic E-state index is 0.124. The number of aromatic amines is 1. The van der Waals surface area contributed by atoms with E-state index in [1.165, 1.54) is 25.7 Å². The lowest BCUT2D eigenvalue weighted by Gasteiger charge is -2.37. The molecule has 3 aromatic rings. The van der Waals surface area contributed by atoms with Gasteiger partial charge in [-0.05, 0) is 60.7 Å². The summed E-state index contributed by atoms with van der Waals surface area (Å²) in [5.41, 5.74) is 1.26. The topological polar surface area (TPSA) is 98.2 Å². The van der Waals surface area contributed by atoms with Gasteiger partial charge in [-0.1, -0.05) is 26.2 Å². The van der Waals surface area contributed by atoms with Crippen LogP contribution in [-0.4, -0.2) is 57.4 Å². The number of fused-ring (bicyclic) bond motifs is 1. The molecule has 1 aromatic carbocycles. The summed E-state index contributed by atoms with van der Waals surface area (Å²) in [6.45, 7) is 4.09. The smallest absolute Gasteiger partial charge is 0.253 e. The molecule has 182 valence electrons. The summed E-state index contributed by atoms with van der Waals surface area (Å²) < 4.78 is 12.9. The number of nitrogens with one attached hydrogen (secondary N) is 1. The molecule has 0 amide bonds. The molecule has 1 aliphatic heterocycles. The zero-order chi connectivity index (χ0) is 23.7. The number of rotatable bonds is 6. The van der Waals surface area contributed by atoms with E-state index in [1.807, 2.05) is 22.9 Å². The van der Waals surface area contributed by atoms with Gasteiger partial charge in [0, 0.05) is 23.6 Å². The maximum absolute atomic E-state index is 13.5. The number of benzene rings is 1. The molecule has 1 N–H and O–H groups in total. The molecule has 1 saturated carbocycles. The maximum Gasteiger partial charge on any atom is 0.253 e. The van der Waals surface area contributed by atoms with E-state index in [2.05, 4.69) is 32.3 Å². The summed E-state index contributed by atoms with van der Waals surface area (Å²) in [5.74, 6) is 2.54. The fourth-order valence-corrected chi connectivity index (χ4v) is 5.68. The highest BCUT2D eigenvalue weighted by Crippen LogP contribution is 2.36. The molecule has 2 aromatic heterocycles. The number of ether oxygens (including phenoxy) is 2. The first-order valence-electron chi connectivity index (χ1n) is 12.4. The molecule has 34 heavy (non-hydrogen) atoms. The van der Waals surface area contributed by atoms with E-state index in [1.54, 1.807) is 14.2 Å². The average molecular weight is 467 g/mol. The summed E-state index contributed by atoms with van der Waals surface area (Å²) in [7, 11) is 3.21. The second-order valence-electron chi connectivity index (χ2n) is 9.77. The second kappa shape index (κ2) is 9.74. The van der Waals surface area contributed by atoms with Crippen LogP contribution in [0.1, 0.15) is 75.3 Å². The second-order valence-corrected chi connectivity index (χ2v) is 9.77. The summed E-state index contributed by atoms with van der Waals surface area (Å²) >= 11 is 0. The van der Waals surface area contributed by atoms with Crippen molar-refractivity contribution in [2.45, 2.75) is 64.0 Å². The Balaban J connectivity index is 1.65. The fraction of sp³-hybridized carbons (Fsp3) is 0.600. The lowest BCUT2D eigenvalue weighted by molar-refractivity contribution is 0.138. The zero-order valence-corrected chi connectivity index (χ0v) is 20.3. The van der Waals surface area contributed by atoms with Crippen LogP contribution in [0.15, 0.2) is 23.0 Å². The molecule has 0 bridgehead atoms. The van der Waals surface area contributed by atoms with Crippen LogP contribution in [0.5, 0.6) is 11.5 Å². The normalized spacial score (nSPS) is 21.0. The van der Waals surface area contributed by atoms with Gasteiger partial charge in [0.15, 0.2) is 17.3 Å². The molecule has 5 rings (SSSR count). The molecule has 0 spiro atoms. The van der Waals surface area contributed by atoms with Gasteiger partial charge in [0.1, 0.15) is 6.04 Å². The predicted octanol–water partition coefficient (Wildman–Crippen LogP) is 3.86. The van der Waals surface area contributed by atoms with Crippen molar-refractivity contribution in [2.24, 2.45) is 5.92 Å². The van der Waals surface area contributed by atoms with E-state index in [-0.39, 0.29) is 17.6 Å². The number of aromatic nitrogens is 5. The first-order chi connectivity index (χ1) is 16.6. The lowest BCUT2D eigenvalue weighted by Crippen LogP contribution is -2.41. The zero-order valence-electron chi connectivity index (χ0n) is 20.3. The predicted molar refractivity (Wildman–Crippen MR) is 129 cm³/mol. The van der Waals surface area contributed by atoms with Crippen LogP contribution >= 0.6 is 0 Å². The van der Waals surface area contributed by atoms with Gasteiger partial charge in [-0.15, -0.1) is 5.10 Å². The molecule has 2 fully saturated rings. The average Bonchev–Trinajstić information content (AvgIpc) is 3.34. The quantitative estimate of drug-likeness (QED) is 0.589. The summed E-state index contributed by atoms with van der Waals surface area (Å²) in [5, 5.41) is 13.9. The molecule has 0 radical (unpaired) electrons. The van der Waals surface area contributed by atoms with Crippen molar-refractivity contribution in [1.29, 1.82) is 0 Å². The number of tetrazole rings is 1. The van der Waals surface area contributed by atoms with Crippen LogP contribution in [0.2, 0.25) is 0 Å². The van der Waals surface area contributed by atoms with Crippen LogP contribution in [0, 0.1) is 5.92 Å². The van der Waals surface area contributed by atoms with E-state index in [0.717, 1.165) is 43.6 Å². The van der Waals surface area contributed by atoms with E-state index in [4.69, 9.17) is 9.47 Å². The number of nitrogens with zero attached hydrogens (tertiary/aromatic N) is 5. The molecular weight excluding hydrogens is 432 g/mol. The van der Waals surface area contributed by atoms with Crippen molar-refractivity contribution in [3.05, 3.63) is 39.9 Å². The Morgan fingerprint density at radius 1 is 1.03 bits per heavy atom. The van der Waals surface area contributed by atoms with Crippen LogP contribution in [0.3, 0.4) is 0 Å². The Hall–Kier alpha value is -2.94. The Kier molecular flexibility index (Phi) is 6.54. The van der Waals surface area contributed by atoms with E-state index < -0.39 is 0 Å². The third-order valence-electron chi connectivity index (χ3n) is 7.41. The van der Waals surface area contributed by atoms with Gasteiger partial charge in [0.25, 0.3) is 5.56 Å². The number of likely N-dealkylation sites (tertiary alicyclic amines) is 1. The number of hydrogen-bond donors (Lipinski definition) is 1. The van der Waals surface area contributed by atoms with Crippen molar-refractivity contribution >= 4 is 10.9 Å². The molecule has 1 saturated heterocycles. The minimum atomic E-state index is -0.305. The largest absolute Gasteiger partial charge is 0.493 e. The van der Waals surface area contributed by atoms with Crippen molar-refractivity contribution in [2.75, 3.05) is 27.3 Å². The van der Waals surface area contributed by atoms with E-state index >= 15 is 0 Å². The Morgan fingerprint density at radius 3 is 2.53 bits per heavy atom. The highest BCUT2D eigenvalue weighted by molar-refractivity contribution is 5.83. The molecule has 0 unspecified atom stereocenters. The number of methoxy groups -OCH3 is 2. The molecule has 2 aliphatic rings. The monoisotopic (exact) mass is 466 g/mol. The van der Waals surface area contributed by atoms with E-state index in [9.17, 15) is 4.79 Å². The van der Waals surface area contributed by atoms with E-state index in [0.29, 0.717) is 28.5 Å². The highest BCUT2D eigenvalue weighted by atomic mass is 16.5. The van der Waals surface area contributed by atoms with Crippen LogP contribution in [0.4, 0.5) is 0 Å². The van der Waals surface area contributed by atoms with Crippen molar-refractivity contribution in [3.63, 3.8) is 0 Å². The highest BCUT2D eigenvalue weighted by Gasteiger charge is 2.34. The number of piperidine rings is 1. The summed E-state index contributed by atoms with van der Waals surface area (Å²) in [6.07, 6.45) is 8.08. The lowest BCUT2D eigenvalue weighted by atomic mass is 9.93. The first-order valence-corrected chi connectivity index (χ1v) is 12.4. The van der Waals surface area contributed by atoms with Gasteiger partial charge < -0.3 is 14.5 Å². The maximum atomic E-state index is 13.5. The molecule has 1 aliphatic carbocycles. The van der Waals surface area contributed by atoms with Gasteiger partial charge in [-0.3, -0.25) is 9.69 Å². The van der Waals surface area contributed by atoms with Gasteiger partial charge in [0.05, 0.1) is 25.8 Å². The Bertz CT molecular complexity index is 1200. The van der Waals surface area contributed by atoms with Gasteiger partial charge in [0.2, 0.25) is 0 Å². The Labute approximate surface area is 199 Å². The van der Waals surface area contributed by atoms with Crippen molar-refractivity contribution in [3.8, 4) is 11.5 Å². The summed E-state index contributed by atoms with van der Waals surface area (Å²) in [4.78, 5) is 19.0. The molecule has 3 heterocycles. The standard InChI is InChI=1S/C25H34N6O3/c1-16-8-7-11-30(15-16)23(24-27-28-29-31(24)18-9-5-4-6-10-18)19-12-17-13-21(33-2)22(34-3)14-20(17)26-25(19)32/h12-14,16,18,23H,4-11,15H2,1-3H3,(H,26,32)/t16-,23-/m1/s1. The third kappa shape index (κ3) is 4.29. The fourth-order valence-electron chi connectivity index (χ4n) is 5.68. The number of hydrogen-bond acceptors (Lipinski definition) is 7. The number of pyridine rings is 1. The van der Waals surface area contributed by atoms with Gasteiger partial charge in [-0.2, -0.15) is 0 Å². The van der Waals surface area contributed by atoms with Crippen LogP contribution in [0.25, 0.3) is 10.9 Å². The SMILES string of the molecule is COc1cc2cc([C@H](c3nnnn3C3CCCCC3)N3CCC[C@@H](C)C3)c(=O)[nH]c2cc1OC. The van der Waals surface area contributed by atoms with Crippen molar-refractivity contribution in [1.82, 2.24) is 30.1 Å².